The minimum absolute atomic E-state index is 0.0430. The molecule has 3 saturated heterocycles. The fourth-order valence-electron chi connectivity index (χ4n) is 6.89. The van der Waals surface area contributed by atoms with E-state index in [4.69, 9.17) is 47.5 Å². The SMILES string of the molecule is CC(=O)N[C@H]1[C@@H](OCc2ccccc2)O[C@H](COC(C)=O)[C@@H](O[C@H]2O[C@@H]3CO[C@@H](c4ccccc4)O[C@H]3[C@H](OC(=O)C(C)(C)C)/C2=N/OC(=O)C(C)(C)C)[C@@H]1OCc1ccccc1. The van der Waals surface area contributed by atoms with Crippen LogP contribution in [0, 0.1) is 10.8 Å². The highest BCUT2D eigenvalue weighted by Gasteiger charge is 2.56. The van der Waals surface area contributed by atoms with Gasteiger partial charge < -0.3 is 52.8 Å². The molecule has 0 saturated carbocycles. The molecule has 3 aromatic rings. The number of amides is 1. The molecule has 6 rings (SSSR count). The molecule has 10 atom stereocenters. The Morgan fingerprint density at radius 3 is 1.89 bits per heavy atom. The number of benzene rings is 3. The van der Waals surface area contributed by atoms with Crippen molar-refractivity contribution < 1.29 is 66.6 Å². The van der Waals surface area contributed by atoms with Crippen molar-refractivity contribution in [3.05, 3.63) is 108 Å². The summed E-state index contributed by atoms with van der Waals surface area (Å²) in [5.41, 5.74) is 0.183. The van der Waals surface area contributed by atoms with Crippen LogP contribution < -0.4 is 5.32 Å². The molecule has 0 bridgehead atoms. The number of fused-ring (bicyclic) bond motifs is 1. The number of hydrogen-bond donors (Lipinski definition) is 1. The van der Waals surface area contributed by atoms with Crippen LogP contribution in [0.25, 0.3) is 0 Å². The Morgan fingerprint density at radius 1 is 0.730 bits per heavy atom. The number of hydrogen-bond acceptors (Lipinski definition) is 15. The number of esters is 2. The molecule has 1 N–H and O–H groups in total. The van der Waals surface area contributed by atoms with Crippen molar-refractivity contribution in [1.29, 1.82) is 0 Å². The van der Waals surface area contributed by atoms with Gasteiger partial charge in [-0.25, -0.2) is 4.79 Å². The third kappa shape index (κ3) is 12.8. The third-order valence-electron chi connectivity index (χ3n) is 10.2. The van der Waals surface area contributed by atoms with Crippen LogP contribution in [0.3, 0.4) is 0 Å². The molecular formula is C47H58N2O14. The van der Waals surface area contributed by atoms with E-state index in [2.05, 4.69) is 10.5 Å². The van der Waals surface area contributed by atoms with Crippen molar-refractivity contribution in [2.45, 2.75) is 130 Å². The third-order valence-corrected chi connectivity index (χ3v) is 10.2. The summed E-state index contributed by atoms with van der Waals surface area (Å²) in [6, 6.07) is 26.9. The normalized spacial score (nSPS) is 28.0. The van der Waals surface area contributed by atoms with Crippen LogP contribution in [-0.2, 0) is 79.9 Å². The zero-order valence-corrected chi connectivity index (χ0v) is 36.9. The Hall–Kier alpha value is -5.07. The van der Waals surface area contributed by atoms with Gasteiger partial charge >= 0.3 is 17.9 Å². The minimum Gasteiger partial charge on any atom is -0.463 e. The Kier molecular flexibility index (Phi) is 15.9. The lowest BCUT2D eigenvalue weighted by Crippen LogP contribution is -2.68. The molecule has 340 valence electrons. The van der Waals surface area contributed by atoms with Crippen LogP contribution in [0.1, 0.15) is 78.4 Å². The van der Waals surface area contributed by atoms with Crippen LogP contribution >= 0.6 is 0 Å². The van der Waals surface area contributed by atoms with Gasteiger partial charge in [0.15, 0.2) is 24.4 Å². The van der Waals surface area contributed by atoms with Crippen molar-refractivity contribution in [1.82, 2.24) is 5.32 Å². The number of oxime groups is 1. The lowest BCUT2D eigenvalue weighted by atomic mass is 9.94. The highest BCUT2D eigenvalue weighted by atomic mass is 16.8. The quantitative estimate of drug-likeness (QED) is 0.118. The molecule has 3 aliphatic rings. The molecule has 3 aliphatic heterocycles. The van der Waals surface area contributed by atoms with Gasteiger partial charge in [0.1, 0.15) is 43.2 Å². The second kappa shape index (κ2) is 21.1. The molecule has 0 aliphatic carbocycles. The first-order valence-corrected chi connectivity index (χ1v) is 21.0. The summed E-state index contributed by atoms with van der Waals surface area (Å²) in [7, 11) is 0. The molecule has 16 heteroatoms. The fourth-order valence-corrected chi connectivity index (χ4v) is 6.89. The number of carbonyl (C=O) groups is 4. The molecule has 63 heavy (non-hydrogen) atoms. The smallest absolute Gasteiger partial charge is 0.340 e. The first-order valence-electron chi connectivity index (χ1n) is 21.0. The highest BCUT2D eigenvalue weighted by Crippen LogP contribution is 2.38. The Labute approximate surface area is 367 Å². The molecule has 0 aromatic heterocycles. The standard InChI is InChI=1S/C47H58N2O14/c1-28(50)48-35-39(55-24-30-18-12-9-13-19-30)37(33(26-54-29(2)51)58-42(35)56-25-31-20-14-10-15-21-31)61-43-36(49-63-45(53)47(6,7)8)40(62-44(52)46(3,4)5)38-34(59-43)27-57-41(60-38)32-22-16-11-17-23-32/h9-23,33-35,37-43H,24-27H2,1-8H3,(H,48,50)/b49-36-/t33-,34-,35-,37-,38-,39-,40-,41-,42+,43-/m1/s1. The van der Waals surface area contributed by atoms with Crippen molar-refractivity contribution in [3.63, 3.8) is 0 Å². The van der Waals surface area contributed by atoms with Gasteiger partial charge in [-0.15, -0.1) is 0 Å². The number of ether oxygens (including phenoxy) is 9. The molecule has 3 heterocycles. The lowest BCUT2D eigenvalue weighted by molar-refractivity contribution is -0.337. The van der Waals surface area contributed by atoms with E-state index in [-0.39, 0.29) is 32.1 Å². The Bertz CT molecular complexity index is 2020. The van der Waals surface area contributed by atoms with Gasteiger partial charge in [-0.2, -0.15) is 0 Å². The predicted octanol–water partition coefficient (Wildman–Crippen LogP) is 5.71. The van der Waals surface area contributed by atoms with Crippen molar-refractivity contribution in [2.75, 3.05) is 13.2 Å². The van der Waals surface area contributed by atoms with E-state index in [1.54, 1.807) is 41.5 Å². The summed E-state index contributed by atoms with van der Waals surface area (Å²) in [6.07, 6.45) is -10.4. The molecule has 1 amide bonds. The van der Waals surface area contributed by atoms with E-state index in [1.165, 1.54) is 13.8 Å². The zero-order valence-electron chi connectivity index (χ0n) is 36.9. The second-order valence-electron chi connectivity index (χ2n) is 17.6. The Morgan fingerprint density at radius 2 is 1.32 bits per heavy atom. The molecule has 3 fully saturated rings. The number of nitrogens with zero attached hydrogens (tertiary/aromatic N) is 1. The number of rotatable bonds is 14. The summed E-state index contributed by atoms with van der Waals surface area (Å²) in [5.74, 6) is -2.34. The van der Waals surface area contributed by atoms with Gasteiger partial charge in [0.2, 0.25) is 12.2 Å². The summed E-state index contributed by atoms with van der Waals surface area (Å²) in [6.45, 7) is 12.4. The topological polar surface area (TPSA) is 185 Å². The van der Waals surface area contributed by atoms with Gasteiger partial charge in [0.05, 0.1) is 30.7 Å². The zero-order chi connectivity index (χ0) is 45.3. The largest absolute Gasteiger partial charge is 0.463 e. The van der Waals surface area contributed by atoms with Crippen LogP contribution in [0.2, 0.25) is 0 Å². The van der Waals surface area contributed by atoms with Crippen LogP contribution in [0.5, 0.6) is 0 Å². The first-order chi connectivity index (χ1) is 30.0. The fraction of sp³-hybridized carbons (Fsp3) is 0.511. The molecular weight excluding hydrogens is 817 g/mol. The average molecular weight is 875 g/mol. The second-order valence-corrected chi connectivity index (χ2v) is 17.6. The van der Waals surface area contributed by atoms with E-state index >= 15 is 0 Å². The minimum atomic E-state index is -1.56. The van der Waals surface area contributed by atoms with Crippen LogP contribution in [0.4, 0.5) is 0 Å². The monoisotopic (exact) mass is 874 g/mol. The molecule has 16 nitrogen and oxygen atoms in total. The average Bonchev–Trinajstić information content (AvgIpc) is 3.25. The van der Waals surface area contributed by atoms with E-state index in [0.717, 1.165) is 11.1 Å². The van der Waals surface area contributed by atoms with Crippen molar-refractivity contribution >= 4 is 29.5 Å². The molecule has 0 radical (unpaired) electrons. The summed E-state index contributed by atoms with van der Waals surface area (Å²) in [4.78, 5) is 58.0. The van der Waals surface area contributed by atoms with Gasteiger partial charge in [-0.1, -0.05) is 96.2 Å². The Balaban J connectivity index is 1.44. The lowest BCUT2D eigenvalue weighted by Gasteiger charge is -2.49. The van der Waals surface area contributed by atoms with Gasteiger partial charge in [-0.3, -0.25) is 14.4 Å². The maximum Gasteiger partial charge on any atom is 0.340 e. The van der Waals surface area contributed by atoms with Gasteiger partial charge in [-0.05, 0) is 52.7 Å². The molecule has 3 aromatic carbocycles. The first kappa shape index (κ1) is 47.4. The van der Waals surface area contributed by atoms with E-state index in [0.29, 0.717) is 5.56 Å². The molecule has 0 unspecified atom stereocenters. The van der Waals surface area contributed by atoms with Gasteiger partial charge in [0, 0.05) is 19.4 Å². The van der Waals surface area contributed by atoms with Crippen molar-refractivity contribution in [3.8, 4) is 0 Å². The van der Waals surface area contributed by atoms with Crippen LogP contribution in [-0.4, -0.2) is 98.0 Å². The van der Waals surface area contributed by atoms with Crippen molar-refractivity contribution in [2.24, 2.45) is 16.0 Å². The number of nitrogens with one attached hydrogen (secondary N) is 1. The van der Waals surface area contributed by atoms with E-state index in [1.807, 2.05) is 91.0 Å². The number of carbonyl (C=O) groups excluding carboxylic acids is 4. The van der Waals surface area contributed by atoms with Crippen LogP contribution in [0.15, 0.2) is 96.2 Å². The predicted molar refractivity (Wildman–Crippen MR) is 225 cm³/mol. The van der Waals surface area contributed by atoms with E-state index in [9.17, 15) is 19.2 Å². The van der Waals surface area contributed by atoms with E-state index < -0.39 is 96.2 Å². The molecule has 0 spiro atoms. The summed E-state index contributed by atoms with van der Waals surface area (Å²) in [5, 5.41) is 7.26. The summed E-state index contributed by atoms with van der Waals surface area (Å²) < 4.78 is 57.6. The summed E-state index contributed by atoms with van der Waals surface area (Å²) >= 11 is 0. The maximum atomic E-state index is 13.8. The van der Waals surface area contributed by atoms with Gasteiger partial charge in [0.25, 0.3) is 0 Å². The maximum absolute atomic E-state index is 13.8. The highest BCUT2D eigenvalue weighted by molar-refractivity contribution is 5.95.